The number of benzene rings is 2. The topological polar surface area (TPSA) is 70.6 Å². The third kappa shape index (κ3) is 7.00. The van der Waals surface area contributed by atoms with E-state index in [1.54, 1.807) is 17.9 Å². The van der Waals surface area contributed by atoms with Crippen molar-refractivity contribution in [1.82, 2.24) is 9.88 Å². The third-order valence-electron chi connectivity index (χ3n) is 7.77. The minimum atomic E-state index is -5.13. The Labute approximate surface area is 250 Å². The zero-order valence-corrected chi connectivity index (χ0v) is 25.1. The van der Waals surface area contributed by atoms with Gasteiger partial charge in [-0.05, 0) is 84.5 Å². The van der Waals surface area contributed by atoms with E-state index in [4.69, 9.17) is 0 Å². The van der Waals surface area contributed by atoms with Crippen LogP contribution in [0.25, 0.3) is 11.1 Å². The molecule has 44 heavy (non-hydrogen) atoms. The molecule has 2 aromatic carbocycles. The van der Waals surface area contributed by atoms with E-state index in [0.29, 0.717) is 40.2 Å². The smallest absolute Gasteiger partial charge is 0.355 e. The molecule has 238 valence electrons. The first kappa shape index (κ1) is 33.2. The van der Waals surface area contributed by atoms with Gasteiger partial charge in [-0.15, -0.1) is 0 Å². The van der Waals surface area contributed by atoms with Crippen molar-refractivity contribution in [3.05, 3.63) is 82.3 Å². The van der Waals surface area contributed by atoms with Crippen molar-refractivity contribution in [2.45, 2.75) is 38.0 Å². The summed E-state index contributed by atoms with van der Waals surface area (Å²) < 4.78 is 121. The number of aromatic nitrogens is 1. The summed E-state index contributed by atoms with van der Waals surface area (Å²) in [6.45, 7) is 3.20. The minimum Gasteiger partial charge on any atom is -0.355 e. The zero-order chi connectivity index (χ0) is 32.8. The van der Waals surface area contributed by atoms with Crippen molar-refractivity contribution < 1.29 is 43.9 Å². The van der Waals surface area contributed by atoms with E-state index in [9.17, 15) is 43.9 Å². The molecule has 1 amide bonds. The van der Waals surface area contributed by atoms with Crippen LogP contribution in [0.5, 0.6) is 0 Å². The fourth-order valence-electron chi connectivity index (χ4n) is 5.36. The van der Waals surface area contributed by atoms with Gasteiger partial charge in [0.1, 0.15) is 11.6 Å². The van der Waals surface area contributed by atoms with E-state index in [1.165, 1.54) is 45.4 Å². The number of alkyl halides is 6. The molecule has 14 heteroatoms. The quantitative estimate of drug-likeness (QED) is 0.305. The number of amides is 1. The van der Waals surface area contributed by atoms with Crippen molar-refractivity contribution in [3.63, 3.8) is 0 Å². The number of hydrogen-bond acceptors (Lipinski definition) is 5. The second-order valence-electron chi connectivity index (χ2n) is 11.3. The Balaban J connectivity index is 1.93. The molecule has 1 saturated heterocycles. The van der Waals surface area contributed by atoms with Crippen LogP contribution in [-0.2, 0) is 38.8 Å². The standard InChI is InChI=1S/C30H30F7N3O3S/c1-18-11-23(31)5-6-24(18)25-15-26(40-7-9-44(42,43)10-8-40)38-17-19(25)16-28(2,27(41)39(3)4)20-12-21(29(32,33)34)14-22(13-20)30(35,36)37/h5-6,11-15,17H,7-10,16H2,1-4H3. The Kier molecular flexibility index (Phi) is 8.82. The second-order valence-corrected chi connectivity index (χ2v) is 13.6. The number of carbonyl (C=O) groups is 1. The Bertz CT molecular complexity index is 1640. The normalized spacial score (nSPS) is 16.8. The van der Waals surface area contributed by atoms with Crippen LogP contribution in [0.1, 0.15) is 34.7 Å². The molecule has 0 radical (unpaired) electrons. The maximum Gasteiger partial charge on any atom is 0.416 e. The summed E-state index contributed by atoms with van der Waals surface area (Å²) in [5, 5.41) is 0. The molecule has 1 fully saturated rings. The molecule has 2 heterocycles. The summed E-state index contributed by atoms with van der Waals surface area (Å²) in [5.41, 5.74) is -3.84. The molecule has 0 bridgehead atoms. The first-order valence-corrected chi connectivity index (χ1v) is 15.3. The third-order valence-corrected chi connectivity index (χ3v) is 9.38. The van der Waals surface area contributed by atoms with Crippen LogP contribution in [0.4, 0.5) is 36.6 Å². The maximum atomic E-state index is 14.1. The molecular formula is C30H30F7N3O3S. The number of likely N-dealkylation sites (N-methyl/N-ethyl adjacent to an activating group) is 1. The highest BCUT2D eigenvalue weighted by Gasteiger charge is 2.43. The summed E-state index contributed by atoms with van der Waals surface area (Å²) in [5.74, 6) is -1.11. The van der Waals surface area contributed by atoms with E-state index in [-0.39, 0.29) is 37.1 Å². The first-order valence-electron chi connectivity index (χ1n) is 13.4. The number of rotatable bonds is 6. The van der Waals surface area contributed by atoms with Crippen LogP contribution in [0.2, 0.25) is 0 Å². The van der Waals surface area contributed by atoms with Crippen LogP contribution in [0, 0.1) is 12.7 Å². The van der Waals surface area contributed by atoms with Crippen molar-refractivity contribution in [1.29, 1.82) is 0 Å². The van der Waals surface area contributed by atoms with Gasteiger partial charge < -0.3 is 9.80 Å². The van der Waals surface area contributed by atoms with E-state index >= 15 is 0 Å². The second kappa shape index (κ2) is 11.7. The summed E-state index contributed by atoms with van der Waals surface area (Å²) in [6.07, 6.45) is -9.24. The van der Waals surface area contributed by atoms with E-state index in [0.717, 1.165) is 4.90 Å². The van der Waals surface area contributed by atoms with Gasteiger partial charge in [0.25, 0.3) is 0 Å². The molecule has 1 unspecified atom stereocenters. The number of aryl methyl sites for hydroxylation is 1. The molecule has 4 rings (SSSR count). The molecule has 0 N–H and O–H groups in total. The lowest BCUT2D eigenvalue weighted by Gasteiger charge is -2.34. The number of halogens is 7. The highest BCUT2D eigenvalue weighted by atomic mass is 32.2. The van der Waals surface area contributed by atoms with Crippen LogP contribution in [0.15, 0.2) is 48.7 Å². The highest BCUT2D eigenvalue weighted by molar-refractivity contribution is 7.91. The average Bonchev–Trinajstić information content (AvgIpc) is 2.92. The monoisotopic (exact) mass is 645 g/mol. The number of sulfone groups is 1. The number of pyridine rings is 1. The molecule has 0 spiro atoms. The Morgan fingerprint density at radius 1 is 0.886 bits per heavy atom. The number of carbonyl (C=O) groups excluding carboxylic acids is 1. The molecular weight excluding hydrogens is 615 g/mol. The number of anilines is 1. The van der Waals surface area contributed by atoms with Gasteiger partial charge in [0, 0.05) is 33.4 Å². The molecule has 1 aliphatic heterocycles. The van der Waals surface area contributed by atoms with Crippen molar-refractivity contribution in [2.75, 3.05) is 43.6 Å². The molecule has 1 aromatic heterocycles. The van der Waals surface area contributed by atoms with Crippen LogP contribution in [0.3, 0.4) is 0 Å². The predicted molar refractivity (Wildman–Crippen MR) is 151 cm³/mol. The zero-order valence-electron chi connectivity index (χ0n) is 24.3. The molecule has 1 aliphatic rings. The summed E-state index contributed by atoms with van der Waals surface area (Å²) in [7, 11) is -0.534. The van der Waals surface area contributed by atoms with Gasteiger partial charge in [-0.2, -0.15) is 26.3 Å². The first-order chi connectivity index (χ1) is 20.2. The van der Waals surface area contributed by atoms with Gasteiger partial charge in [0.15, 0.2) is 9.84 Å². The van der Waals surface area contributed by atoms with Gasteiger partial charge in [-0.3, -0.25) is 4.79 Å². The van der Waals surface area contributed by atoms with Crippen molar-refractivity contribution >= 4 is 21.6 Å². The van der Waals surface area contributed by atoms with Crippen molar-refractivity contribution in [2.24, 2.45) is 0 Å². The van der Waals surface area contributed by atoms with Gasteiger partial charge in [-0.25, -0.2) is 17.8 Å². The minimum absolute atomic E-state index is 0.00648. The van der Waals surface area contributed by atoms with E-state index in [2.05, 4.69) is 4.98 Å². The van der Waals surface area contributed by atoms with Crippen LogP contribution in [-0.4, -0.2) is 62.9 Å². The summed E-state index contributed by atoms with van der Waals surface area (Å²) in [4.78, 5) is 20.9. The largest absolute Gasteiger partial charge is 0.416 e. The lowest BCUT2D eigenvalue weighted by atomic mass is 9.74. The lowest BCUT2D eigenvalue weighted by Crippen LogP contribution is -2.44. The Morgan fingerprint density at radius 3 is 1.93 bits per heavy atom. The highest BCUT2D eigenvalue weighted by Crippen LogP contribution is 2.42. The molecule has 3 aromatic rings. The SMILES string of the molecule is Cc1cc(F)ccc1-c1cc(N2CCS(=O)(=O)CC2)ncc1CC(C)(C(=O)N(C)C)c1cc(C(F)(F)F)cc(C(F)(F)F)c1. The number of nitrogens with zero attached hydrogens (tertiary/aromatic N) is 3. The van der Waals surface area contributed by atoms with E-state index in [1.807, 2.05) is 0 Å². The van der Waals surface area contributed by atoms with Gasteiger partial charge in [0.05, 0.1) is 28.0 Å². The average molecular weight is 646 g/mol. The van der Waals surface area contributed by atoms with Crippen molar-refractivity contribution in [3.8, 4) is 11.1 Å². The van der Waals surface area contributed by atoms with E-state index < -0.39 is 56.0 Å². The summed E-state index contributed by atoms with van der Waals surface area (Å²) >= 11 is 0. The fourth-order valence-corrected chi connectivity index (χ4v) is 6.56. The molecule has 6 nitrogen and oxygen atoms in total. The molecule has 0 saturated carbocycles. The molecule has 1 atom stereocenters. The van der Waals surface area contributed by atoms with Gasteiger partial charge >= 0.3 is 12.4 Å². The van der Waals surface area contributed by atoms with Gasteiger partial charge in [0.2, 0.25) is 5.91 Å². The van der Waals surface area contributed by atoms with Crippen LogP contribution < -0.4 is 4.90 Å². The van der Waals surface area contributed by atoms with Gasteiger partial charge in [-0.1, -0.05) is 6.07 Å². The predicted octanol–water partition coefficient (Wildman–Crippen LogP) is 6.06. The fraction of sp³-hybridized carbons (Fsp3) is 0.400. The Morgan fingerprint density at radius 2 is 1.43 bits per heavy atom. The van der Waals surface area contributed by atoms with Crippen LogP contribution >= 0.6 is 0 Å². The maximum absolute atomic E-state index is 14.1. The lowest BCUT2D eigenvalue weighted by molar-refractivity contribution is -0.144. The molecule has 0 aliphatic carbocycles. The summed E-state index contributed by atoms with van der Waals surface area (Å²) in [6, 6.07) is 6.66. The Hall–Kier alpha value is -3.68. The number of hydrogen-bond donors (Lipinski definition) is 0.